The van der Waals surface area contributed by atoms with Crippen LogP contribution in [0.1, 0.15) is 31.4 Å². The molecule has 2 aliphatic heterocycles. The van der Waals surface area contributed by atoms with Gasteiger partial charge in [-0.3, -0.25) is 9.59 Å². The molecule has 2 saturated heterocycles. The molecular formula is C19H24N4O2. The molecule has 1 aromatic carbocycles. The molecular weight excluding hydrogens is 316 g/mol. The molecule has 1 amide bonds. The summed E-state index contributed by atoms with van der Waals surface area (Å²) in [4.78, 5) is 27.0. The summed E-state index contributed by atoms with van der Waals surface area (Å²) in [5.74, 6) is 0.0719. The van der Waals surface area contributed by atoms with Gasteiger partial charge in [-0.2, -0.15) is 5.10 Å². The van der Waals surface area contributed by atoms with E-state index < -0.39 is 0 Å². The number of aryl methyl sites for hydroxylation is 1. The molecule has 2 bridgehead atoms. The van der Waals surface area contributed by atoms with Crippen molar-refractivity contribution in [2.24, 2.45) is 7.05 Å². The summed E-state index contributed by atoms with van der Waals surface area (Å²) in [5.41, 5.74) is 0.543. The minimum Gasteiger partial charge on any atom is -0.342 e. The monoisotopic (exact) mass is 340 g/mol. The van der Waals surface area contributed by atoms with E-state index in [-0.39, 0.29) is 17.9 Å². The average molecular weight is 340 g/mol. The van der Waals surface area contributed by atoms with Crippen LogP contribution >= 0.6 is 0 Å². The molecule has 0 aliphatic carbocycles. The van der Waals surface area contributed by atoms with Gasteiger partial charge >= 0.3 is 0 Å². The molecule has 0 spiro atoms. The molecule has 3 heterocycles. The number of piperidine rings is 1. The Hall–Kier alpha value is -2.21. The number of fused-ring (bicyclic) bond motifs is 3. The van der Waals surface area contributed by atoms with Crippen LogP contribution in [-0.2, 0) is 18.3 Å². The third-order valence-corrected chi connectivity index (χ3v) is 5.74. The number of hydrogen-bond acceptors (Lipinski definition) is 4. The summed E-state index contributed by atoms with van der Waals surface area (Å²) in [6.45, 7) is 0. The molecule has 2 atom stereocenters. The van der Waals surface area contributed by atoms with Crippen molar-refractivity contribution >= 4 is 16.7 Å². The van der Waals surface area contributed by atoms with Gasteiger partial charge in [0.1, 0.15) is 0 Å². The second kappa shape index (κ2) is 6.26. The van der Waals surface area contributed by atoms with Crippen molar-refractivity contribution < 1.29 is 4.79 Å². The summed E-state index contributed by atoms with van der Waals surface area (Å²) < 4.78 is 1.33. The lowest BCUT2D eigenvalue weighted by Crippen LogP contribution is -2.49. The van der Waals surface area contributed by atoms with E-state index in [1.54, 1.807) is 13.1 Å². The largest absolute Gasteiger partial charge is 0.342 e. The molecule has 132 valence electrons. The number of aromatic nitrogens is 2. The first-order valence-electron chi connectivity index (χ1n) is 8.99. The van der Waals surface area contributed by atoms with E-state index >= 15 is 0 Å². The van der Waals surface area contributed by atoms with Crippen LogP contribution in [-0.4, -0.2) is 45.8 Å². The highest BCUT2D eigenvalue weighted by Gasteiger charge is 2.36. The van der Waals surface area contributed by atoms with Gasteiger partial charge in [-0.05, 0) is 31.7 Å². The summed E-state index contributed by atoms with van der Waals surface area (Å²) >= 11 is 0. The van der Waals surface area contributed by atoms with Gasteiger partial charge in [-0.15, -0.1) is 0 Å². The SMILES string of the molecule is CN(C(=O)Cc1nn(C)c(=O)c2ccccc12)C1CC2CCC(C1)N2. The quantitative estimate of drug-likeness (QED) is 0.912. The van der Waals surface area contributed by atoms with Crippen molar-refractivity contribution in [1.29, 1.82) is 0 Å². The first-order valence-corrected chi connectivity index (χ1v) is 8.99. The van der Waals surface area contributed by atoms with Crippen molar-refractivity contribution in [3.63, 3.8) is 0 Å². The average Bonchev–Trinajstić information content (AvgIpc) is 2.96. The highest BCUT2D eigenvalue weighted by atomic mass is 16.2. The predicted octanol–water partition coefficient (Wildman–Crippen LogP) is 1.22. The van der Waals surface area contributed by atoms with Crippen LogP contribution in [0.25, 0.3) is 10.8 Å². The predicted molar refractivity (Wildman–Crippen MR) is 96.4 cm³/mol. The number of likely N-dealkylation sites (N-methyl/N-ethyl adjacent to an activating group) is 1. The van der Waals surface area contributed by atoms with E-state index in [1.807, 2.05) is 30.1 Å². The zero-order valence-electron chi connectivity index (χ0n) is 14.7. The maximum atomic E-state index is 12.9. The number of rotatable bonds is 3. The maximum Gasteiger partial charge on any atom is 0.274 e. The molecule has 0 radical (unpaired) electrons. The topological polar surface area (TPSA) is 67.2 Å². The fourth-order valence-electron chi connectivity index (χ4n) is 4.32. The minimum atomic E-state index is -0.130. The number of nitrogens with one attached hydrogen (secondary N) is 1. The van der Waals surface area contributed by atoms with Crippen LogP contribution in [0, 0.1) is 0 Å². The van der Waals surface area contributed by atoms with E-state index in [2.05, 4.69) is 10.4 Å². The van der Waals surface area contributed by atoms with E-state index in [0.717, 1.165) is 18.2 Å². The van der Waals surface area contributed by atoms with Crippen molar-refractivity contribution in [1.82, 2.24) is 20.0 Å². The van der Waals surface area contributed by atoms with Gasteiger partial charge in [0.2, 0.25) is 5.91 Å². The fourth-order valence-corrected chi connectivity index (χ4v) is 4.32. The van der Waals surface area contributed by atoms with Gasteiger partial charge in [0.05, 0.1) is 17.5 Å². The smallest absolute Gasteiger partial charge is 0.274 e. The summed E-state index contributed by atoms with van der Waals surface area (Å²) in [6.07, 6.45) is 4.72. The molecule has 2 unspecified atom stereocenters. The van der Waals surface area contributed by atoms with E-state index in [4.69, 9.17) is 0 Å². The van der Waals surface area contributed by atoms with Crippen LogP contribution in [0.5, 0.6) is 0 Å². The maximum absolute atomic E-state index is 12.9. The third-order valence-electron chi connectivity index (χ3n) is 5.74. The van der Waals surface area contributed by atoms with Crippen molar-refractivity contribution in [2.75, 3.05) is 7.05 Å². The number of amides is 1. The molecule has 1 N–H and O–H groups in total. The minimum absolute atomic E-state index is 0.0719. The molecule has 2 aliphatic rings. The fraction of sp³-hybridized carbons (Fsp3) is 0.526. The number of benzene rings is 1. The summed E-state index contributed by atoms with van der Waals surface area (Å²) in [7, 11) is 3.54. The molecule has 6 heteroatoms. The normalized spacial score (nSPS) is 25.3. The van der Waals surface area contributed by atoms with Crippen molar-refractivity contribution in [3.05, 3.63) is 40.3 Å². The van der Waals surface area contributed by atoms with Gasteiger partial charge in [-0.25, -0.2) is 4.68 Å². The van der Waals surface area contributed by atoms with Crippen molar-refractivity contribution in [2.45, 2.75) is 50.2 Å². The molecule has 2 aromatic rings. The van der Waals surface area contributed by atoms with Gasteiger partial charge in [0.25, 0.3) is 5.56 Å². The molecule has 4 rings (SSSR count). The summed E-state index contributed by atoms with van der Waals surface area (Å²) in [5, 5.41) is 9.36. The number of carbonyl (C=O) groups excluding carboxylic acids is 1. The first kappa shape index (κ1) is 16.3. The van der Waals surface area contributed by atoms with Crippen LogP contribution in [0.3, 0.4) is 0 Å². The van der Waals surface area contributed by atoms with Gasteiger partial charge in [0.15, 0.2) is 0 Å². The standard InChI is InChI=1S/C19H24N4O2/c1-22(14-9-12-7-8-13(10-14)20-12)18(24)11-17-15-5-3-4-6-16(15)19(25)23(2)21-17/h3-6,12-14,20H,7-11H2,1-2H3. The summed E-state index contributed by atoms with van der Waals surface area (Å²) in [6, 6.07) is 8.78. The zero-order valence-corrected chi connectivity index (χ0v) is 14.7. The van der Waals surface area contributed by atoms with Crippen LogP contribution in [0.2, 0.25) is 0 Å². The lowest BCUT2D eigenvalue weighted by atomic mass is 9.98. The molecule has 1 aromatic heterocycles. The van der Waals surface area contributed by atoms with Gasteiger partial charge < -0.3 is 10.2 Å². The van der Waals surface area contributed by atoms with E-state index in [1.165, 1.54) is 17.5 Å². The second-order valence-electron chi connectivity index (χ2n) is 7.37. The highest BCUT2D eigenvalue weighted by Crippen LogP contribution is 2.29. The Labute approximate surface area is 146 Å². The van der Waals surface area contributed by atoms with E-state index in [0.29, 0.717) is 29.2 Å². The third kappa shape index (κ3) is 2.95. The Morgan fingerprint density at radius 1 is 1.24 bits per heavy atom. The van der Waals surface area contributed by atoms with Crippen LogP contribution in [0.15, 0.2) is 29.1 Å². The highest BCUT2D eigenvalue weighted by molar-refractivity contribution is 5.88. The van der Waals surface area contributed by atoms with Gasteiger partial charge in [-0.1, -0.05) is 18.2 Å². The van der Waals surface area contributed by atoms with Gasteiger partial charge in [0, 0.05) is 37.6 Å². The molecule has 2 fully saturated rings. The number of hydrogen-bond donors (Lipinski definition) is 1. The second-order valence-corrected chi connectivity index (χ2v) is 7.37. The van der Waals surface area contributed by atoms with E-state index in [9.17, 15) is 9.59 Å². The van der Waals surface area contributed by atoms with Crippen LogP contribution in [0.4, 0.5) is 0 Å². The Morgan fingerprint density at radius 2 is 1.88 bits per heavy atom. The molecule has 0 saturated carbocycles. The lowest BCUT2D eigenvalue weighted by molar-refractivity contribution is -0.132. The Morgan fingerprint density at radius 3 is 2.56 bits per heavy atom. The molecule has 25 heavy (non-hydrogen) atoms. The van der Waals surface area contributed by atoms with Crippen LogP contribution < -0.4 is 10.9 Å². The Balaban J connectivity index is 1.57. The first-order chi connectivity index (χ1) is 12.0. The Bertz CT molecular complexity index is 863. The number of nitrogens with zero attached hydrogens (tertiary/aromatic N) is 3. The lowest BCUT2D eigenvalue weighted by Gasteiger charge is -2.35. The van der Waals surface area contributed by atoms with Crippen molar-refractivity contribution in [3.8, 4) is 0 Å². The molecule has 6 nitrogen and oxygen atoms in total. The zero-order chi connectivity index (χ0) is 17.6. The number of carbonyl (C=O) groups is 1. The Kier molecular flexibility index (Phi) is 4.07.